The van der Waals surface area contributed by atoms with Gasteiger partial charge in [-0.25, -0.2) is 19.1 Å². The van der Waals surface area contributed by atoms with Crippen LogP contribution in [0.15, 0.2) is 67.3 Å². The first kappa shape index (κ1) is 32.3. The van der Waals surface area contributed by atoms with Crippen molar-refractivity contribution in [2.24, 2.45) is 0 Å². The molecule has 2 aromatic carbocycles. The Hall–Kier alpha value is -5.66. The Kier molecular flexibility index (Phi) is 9.15. The lowest BCUT2D eigenvalue weighted by Crippen LogP contribution is -2.45. The molecule has 0 aliphatic carbocycles. The first-order chi connectivity index (χ1) is 23.1. The maximum absolute atomic E-state index is 13.0. The molecule has 5 aromatic rings. The summed E-state index contributed by atoms with van der Waals surface area (Å²) in [5.41, 5.74) is 5.18. The smallest absolute Gasteiger partial charge is 0.413 e. The van der Waals surface area contributed by atoms with Crippen LogP contribution in [-0.4, -0.2) is 72.4 Å². The number of rotatable bonds is 9. The largest absolute Gasteiger partial charge is 0.446 e. The normalized spacial score (nSPS) is 13.8. The first-order valence-corrected chi connectivity index (χ1v) is 15.9. The molecule has 48 heavy (non-hydrogen) atoms. The van der Waals surface area contributed by atoms with E-state index in [1.165, 1.54) is 37.6 Å². The number of likely N-dealkylation sites (tertiary alicyclic amines) is 1. The van der Waals surface area contributed by atoms with Crippen molar-refractivity contribution >= 4 is 51.8 Å². The van der Waals surface area contributed by atoms with Gasteiger partial charge in [-0.2, -0.15) is 10.2 Å². The second-order valence-corrected chi connectivity index (χ2v) is 12.0. The summed E-state index contributed by atoms with van der Waals surface area (Å²) in [5.74, 6) is -1.33. The monoisotopic (exact) mass is 654 g/mol. The van der Waals surface area contributed by atoms with Gasteiger partial charge in [0.05, 0.1) is 30.1 Å². The molecule has 4 heterocycles. The summed E-state index contributed by atoms with van der Waals surface area (Å²) in [6, 6.07) is 16.2. The molecule has 14 nitrogen and oxygen atoms in total. The van der Waals surface area contributed by atoms with Crippen molar-refractivity contribution in [1.82, 2.24) is 29.3 Å². The minimum absolute atomic E-state index is 0.327. The molecule has 1 fully saturated rings. The van der Waals surface area contributed by atoms with Crippen molar-refractivity contribution in [3.8, 4) is 0 Å². The fourth-order valence-corrected chi connectivity index (χ4v) is 5.90. The van der Waals surface area contributed by atoms with Gasteiger partial charge in [-0.3, -0.25) is 14.8 Å². The number of anilines is 3. The molecule has 0 atom stereocenters. The van der Waals surface area contributed by atoms with Gasteiger partial charge in [-0.05, 0) is 30.2 Å². The number of nitrogens with one attached hydrogen (secondary N) is 2. The molecule has 0 bridgehead atoms. The topological polar surface area (TPSA) is 154 Å². The number of carbonyl (C=O) groups is 3. The second-order valence-electron chi connectivity index (χ2n) is 12.0. The Morgan fingerprint density at radius 1 is 1.02 bits per heavy atom. The van der Waals surface area contributed by atoms with Crippen LogP contribution in [-0.2, 0) is 32.0 Å². The fraction of sp³-hybridized carbons (Fsp3) is 0.353. The molecular formula is C34H38N8O6. The third kappa shape index (κ3) is 7.32. The maximum Gasteiger partial charge on any atom is 0.413 e. The van der Waals surface area contributed by atoms with E-state index in [1.54, 1.807) is 10.7 Å². The Bertz CT molecular complexity index is 1950. The number of fused-ring (bicyclic) bond motifs is 2. The fourth-order valence-electron chi connectivity index (χ4n) is 5.90. The van der Waals surface area contributed by atoms with Gasteiger partial charge in [0.25, 0.3) is 5.79 Å². The number of hydrogen-bond donors (Lipinski definition) is 2. The quantitative estimate of drug-likeness (QED) is 0.145. The Morgan fingerprint density at radius 3 is 2.52 bits per heavy atom. The van der Waals surface area contributed by atoms with Crippen molar-refractivity contribution in [3.05, 3.63) is 78.4 Å². The third-order valence-corrected chi connectivity index (χ3v) is 8.05. The SMILES string of the molecule is CCc1c(NC(=O)OC2CCN(C(=O)OC(C)(C)OC(C)=O)CC2)cn2ncnc(Nc3ccc4c(cnn4Cc4ccccc4)c3)c12. The number of piperidine rings is 1. The predicted molar refractivity (Wildman–Crippen MR) is 178 cm³/mol. The number of carbonyl (C=O) groups excluding carboxylic acids is 3. The van der Waals surface area contributed by atoms with Gasteiger partial charge in [0, 0.05) is 63.3 Å². The highest BCUT2D eigenvalue weighted by atomic mass is 16.7. The summed E-state index contributed by atoms with van der Waals surface area (Å²) in [4.78, 5) is 42.8. The molecule has 2 N–H and O–H groups in total. The average Bonchev–Trinajstić information content (AvgIpc) is 3.61. The number of nitrogens with zero attached hydrogens (tertiary/aromatic N) is 6. The molecule has 3 aromatic heterocycles. The maximum atomic E-state index is 13.0. The van der Waals surface area contributed by atoms with Crippen LogP contribution in [0.5, 0.6) is 0 Å². The number of aromatic nitrogens is 5. The summed E-state index contributed by atoms with van der Waals surface area (Å²) in [6.07, 6.45) is 4.93. The van der Waals surface area contributed by atoms with Crippen LogP contribution in [0.4, 0.5) is 26.8 Å². The minimum atomic E-state index is -1.38. The minimum Gasteiger partial charge on any atom is -0.446 e. The zero-order valence-electron chi connectivity index (χ0n) is 27.3. The van der Waals surface area contributed by atoms with E-state index in [-0.39, 0.29) is 6.10 Å². The van der Waals surface area contributed by atoms with Crippen LogP contribution in [0, 0.1) is 0 Å². The van der Waals surface area contributed by atoms with E-state index in [1.807, 2.05) is 54.2 Å². The lowest BCUT2D eigenvalue weighted by atomic mass is 10.1. The average molecular weight is 655 g/mol. The van der Waals surface area contributed by atoms with Gasteiger partial charge in [0.2, 0.25) is 0 Å². The lowest BCUT2D eigenvalue weighted by molar-refractivity contribution is -0.195. The van der Waals surface area contributed by atoms with Crippen LogP contribution in [0.3, 0.4) is 0 Å². The van der Waals surface area contributed by atoms with Gasteiger partial charge in [0.1, 0.15) is 17.9 Å². The van der Waals surface area contributed by atoms with E-state index in [0.717, 1.165) is 27.7 Å². The van der Waals surface area contributed by atoms with Gasteiger partial charge in [-0.1, -0.05) is 37.3 Å². The summed E-state index contributed by atoms with van der Waals surface area (Å²) < 4.78 is 19.7. The van der Waals surface area contributed by atoms with Crippen molar-refractivity contribution in [3.63, 3.8) is 0 Å². The van der Waals surface area contributed by atoms with E-state index in [0.29, 0.717) is 50.4 Å². The number of hydrogen-bond acceptors (Lipinski definition) is 10. The molecule has 0 radical (unpaired) electrons. The molecule has 14 heteroatoms. The van der Waals surface area contributed by atoms with Gasteiger partial charge in [-0.15, -0.1) is 0 Å². The highest BCUT2D eigenvalue weighted by Gasteiger charge is 2.32. The molecule has 0 saturated carbocycles. The van der Waals surface area contributed by atoms with Gasteiger partial charge >= 0.3 is 18.2 Å². The molecule has 6 rings (SSSR count). The van der Waals surface area contributed by atoms with Crippen molar-refractivity contribution in [2.45, 2.75) is 65.4 Å². The number of aryl methyl sites for hydroxylation is 1. The number of amides is 2. The molecule has 1 saturated heterocycles. The molecular weight excluding hydrogens is 616 g/mol. The van der Waals surface area contributed by atoms with Crippen molar-refractivity contribution in [1.29, 1.82) is 0 Å². The Morgan fingerprint density at radius 2 is 1.79 bits per heavy atom. The molecule has 0 spiro atoms. The Labute approximate surface area is 277 Å². The summed E-state index contributed by atoms with van der Waals surface area (Å²) in [7, 11) is 0. The number of ether oxygens (including phenoxy) is 3. The van der Waals surface area contributed by atoms with E-state index in [2.05, 4.69) is 37.9 Å². The molecule has 2 amide bonds. The van der Waals surface area contributed by atoms with E-state index < -0.39 is 23.9 Å². The zero-order chi connectivity index (χ0) is 33.8. The van der Waals surface area contributed by atoms with Crippen LogP contribution in [0.1, 0.15) is 51.7 Å². The van der Waals surface area contributed by atoms with Crippen LogP contribution >= 0.6 is 0 Å². The molecule has 250 valence electrons. The van der Waals surface area contributed by atoms with Crippen LogP contribution in [0.25, 0.3) is 16.4 Å². The van der Waals surface area contributed by atoms with Crippen LogP contribution in [0.2, 0.25) is 0 Å². The molecule has 1 aliphatic heterocycles. The zero-order valence-corrected chi connectivity index (χ0v) is 27.3. The lowest BCUT2D eigenvalue weighted by Gasteiger charge is -2.33. The van der Waals surface area contributed by atoms with E-state index in [9.17, 15) is 14.4 Å². The summed E-state index contributed by atoms with van der Waals surface area (Å²) in [5, 5.41) is 16.3. The number of benzene rings is 2. The molecule has 0 unspecified atom stereocenters. The van der Waals surface area contributed by atoms with Crippen molar-refractivity contribution < 1.29 is 28.6 Å². The highest BCUT2D eigenvalue weighted by Crippen LogP contribution is 2.31. The first-order valence-electron chi connectivity index (χ1n) is 15.9. The van der Waals surface area contributed by atoms with Crippen LogP contribution < -0.4 is 10.6 Å². The summed E-state index contributed by atoms with van der Waals surface area (Å²) >= 11 is 0. The van der Waals surface area contributed by atoms with Gasteiger partial charge < -0.3 is 24.4 Å². The number of esters is 1. The standard InChI is InChI=1S/C34H38N8O6/c1-5-27-28(39-32(44)46-26-13-15-40(16-14-26)33(45)48-34(3,4)47-22(2)43)20-42-30(27)31(35-21-37-42)38-25-11-12-29-24(17-25)18-36-41(29)19-23-9-7-6-8-10-23/h6-12,17-18,20-21,26H,5,13-16,19H2,1-4H3,(H,39,44)(H,35,37,38). The Balaban J connectivity index is 1.09. The predicted octanol–water partition coefficient (Wildman–Crippen LogP) is 5.88. The van der Waals surface area contributed by atoms with Crippen molar-refractivity contribution in [2.75, 3.05) is 23.7 Å². The summed E-state index contributed by atoms with van der Waals surface area (Å²) in [6.45, 7) is 7.57. The third-order valence-electron chi connectivity index (χ3n) is 8.05. The van der Waals surface area contributed by atoms with Gasteiger partial charge in [0.15, 0.2) is 5.82 Å². The van der Waals surface area contributed by atoms with E-state index >= 15 is 0 Å². The second kappa shape index (κ2) is 13.6. The highest BCUT2D eigenvalue weighted by molar-refractivity contribution is 5.91. The molecule has 1 aliphatic rings. The van der Waals surface area contributed by atoms with E-state index in [4.69, 9.17) is 14.2 Å².